The second-order valence-electron chi connectivity index (χ2n) is 7.01. The van der Waals surface area contributed by atoms with E-state index in [1.165, 1.54) is 12.1 Å². The maximum Gasteiger partial charge on any atom is 0.422 e. The lowest BCUT2D eigenvalue weighted by atomic mass is 9.88. The van der Waals surface area contributed by atoms with Gasteiger partial charge in [-0.25, -0.2) is 8.91 Å². The molecule has 0 spiro atoms. The highest BCUT2D eigenvalue weighted by molar-refractivity contribution is 5.88. The van der Waals surface area contributed by atoms with Crippen LogP contribution < -0.4 is 4.74 Å². The zero-order chi connectivity index (χ0) is 21.3. The summed E-state index contributed by atoms with van der Waals surface area (Å²) in [6, 6.07) is 6.06. The molecule has 2 aromatic heterocycles. The Morgan fingerprint density at radius 3 is 2.80 bits per heavy atom. The predicted molar refractivity (Wildman–Crippen MR) is 101 cm³/mol. The maximum atomic E-state index is 14.4. The summed E-state index contributed by atoms with van der Waals surface area (Å²) in [4.78, 5) is 4.48. The molecule has 0 bridgehead atoms. The molecule has 1 aliphatic rings. The molecule has 0 fully saturated rings. The van der Waals surface area contributed by atoms with Crippen molar-refractivity contribution in [3.63, 3.8) is 0 Å². The molecular formula is C21H16F4N4O. The Kier molecular flexibility index (Phi) is 5.16. The molecule has 30 heavy (non-hydrogen) atoms. The molecule has 5 nitrogen and oxygen atoms in total. The second kappa shape index (κ2) is 7.78. The van der Waals surface area contributed by atoms with Crippen molar-refractivity contribution in [1.29, 1.82) is 5.26 Å². The third-order valence-electron chi connectivity index (χ3n) is 4.96. The maximum absolute atomic E-state index is 14.4. The molecule has 1 aliphatic carbocycles. The van der Waals surface area contributed by atoms with Gasteiger partial charge in [-0.2, -0.15) is 23.5 Å². The van der Waals surface area contributed by atoms with Crippen molar-refractivity contribution in [3.05, 3.63) is 54.4 Å². The molecule has 3 aromatic rings. The van der Waals surface area contributed by atoms with Gasteiger partial charge in [0, 0.05) is 18.0 Å². The average molecular weight is 416 g/mol. The zero-order valence-corrected chi connectivity index (χ0v) is 15.7. The van der Waals surface area contributed by atoms with Gasteiger partial charge in [-0.05, 0) is 42.5 Å². The summed E-state index contributed by atoms with van der Waals surface area (Å²) in [7, 11) is 0. The normalized spacial score (nSPS) is 16.9. The number of nitrogens with zero attached hydrogens (tertiary/aromatic N) is 4. The van der Waals surface area contributed by atoms with Crippen LogP contribution in [0.4, 0.5) is 17.6 Å². The lowest BCUT2D eigenvalue weighted by Crippen LogP contribution is -2.19. The molecule has 0 amide bonds. The molecule has 9 heteroatoms. The Morgan fingerprint density at radius 2 is 2.13 bits per heavy atom. The molecule has 4 rings (SSSR count). The summed E-state index contributed by atoms with van der Waals surface area (Å²) in [5.74, 6) is -1.38. The first-order valence-electron chi connectivity index (χ1n) is 9.26. The van der Waals surface area contributed by atoms with Crippen LogP contribution in [0.3, 0.4) is 0 Å². The molecule has 1 atom stereocenters. The number of hydrogen-bond acceptors (Lipinski definition) is 4. The summed E-state index contributed by atoms with van der Waals surface area (Å²) < 4.78 is 57.5. The number of alkyl halides is 3. The van der Waals surface area contributed by atoms with Crippen LogP contribution in [0, 0.1) is 23.1 Å². The van der Waals surface area contributed by atoms with Crippen molar-refractivity contribution in [1.82, 2.24) is 14.6 Å². The lowest BCUT2D eigenvalue weighted by molar-refractivity contribution is -0.153. The lowest BCUT2D eigenvalue weighted by Gasteiger charge is -2.17. The number of hydrogen-bond donors (Lipinski definition) is 0. The summed E-state index contributed by atoms with van der Waals surface area (Å²) >= 11 is 0. The van der Waals surface area contributed by atoms with Crippen molar-refractivity contribution in [2.45, 2.75) is 25.4 Å². The highest BCUT2D eigenvalue weighted by Gasteiger charge is 2.29. The third kappa shape index (κ3) is 3.99. The fraction of sp³-hybridized carbons (Fsp3) is 0.286. The van der Waals surface area contributed by atoms with Gasteiger partial charge in [0.2, 0.25) is 0 Å². The summed E-state index contributed by atoms with van der Waals surface area (Å²) in [5.41, 5.74) is 3.39. The molecule has 1 unspecified atom stereocenters. The largest absolute Gasteiger partial charge is 0.481 e. The van der Waals surface area contributed by atoms with Crippen LogP contribution in [0.15, 0.2) is 42.9 Å². The quantitative estimate of drug-likeness (QED) is 0.550. The molecule has 154 valence electrons. The number of ether oxygens (including phenoxy) is 1. The van der Waals surface area contributed by atoms with Crippen molar-refractivity contribution in [2.24, 2.45) is 5.92 Å². The van der Waals surface area contributed by atoms with Gasteiger partial charge in [-0.15, -0.1) is 0 Å². The monoisotopic (exact) mass is 416 g/mol. The molecule has 0 N–H and O–H groups in total. The Morgan fingerprint density at radius 1 is 1.30 bits per heavy atom. The standard InChI is InChI=1S/C21H16F4N4O/c22-17-9-15(5-6-18(17)30-12-21(23,24)25)16-11-28-29-8-7-27-19(20(16)29)14-3-1-13(10-26)2-4-14/h3,5-9,11,13H,1-2,4,12H2. The first-order chi connectivity index (χ1) is 14.4. The first-order valence-corrected chi connectivity index (χ1v) is 9.26. The summed E-state index contributed by atoms with van der Waals surface area (Å²) in [6.07, 6.45) is 4.34. The van der Waals surface area contributed by atoms with Crippen LogP contribution >= 0.6 is 0 Å². The predicted octanol–water partition coefficient (Wildman–Crippen LogP) is 5.18. The van der Waals surface area contributed by atoms with Crippen molar-refractivity contribution >= 4 is 11.1 Å². The van der Waals surface area contributed by atoms with Crippen LogP contribution in [0.5, 0.6) is 5.75 Å². The summed E-state index contributed by atoms with van der Waals surface area (Å²) in [5, 5.41) is 13.4. The summed E-state index contributed by atoms with van der Waals surface area (Å²) in [6.45, 7) is -1.56. The number of rotatable bonds is 4. The highest BCUT2D eigenvalue weighted by Crippen LogP contribution is 2.35. The van der Waals surface area contributed by atoms with Crippen molar-refractivity contribution in [2.75, 3.05) is 6.61 Å². The van der Waals surface area contributed by atoms with Crippen LogP contribution in [-0.4, -0.2) is 27.4 Å². The van der Waals surface area contributed by atoms with E-state index in [9.17, 15) is 17.6 Å². The SMILES string of the molecule is N#CC1CC=C(c2nccn3ncc(-c4ccc(OCC(F)(F)F)c(F)c4)c23)CC1. The first kappa shape index (κ1) is 19.9. The minimum Gasteiger partial charge on any atom is -0.481 e. The van der Waals surface area contributed by atoms with E-state index in [1.807, 2.05) is 6.08 Å². The van der Waals surface area contributed by atoms with E-state index in [0.717, 1.165) is 18.1 Å². The Hall–Kier alpha value is -3.41. The number of benzene rings is 1. The van der Waals surface area contributed by atoms with E-state index in [4.69, 9.17) is 5.26 Å². The Labute approximate surface area is 169 Å². The van der Waals surface area contributed by atoms with E-state index >= 15 is 0 Å². The van der Waals surface area contributed by atoms with E-state index in [-0.39, 0.29) is 5.92 Å². The Balaban J connectivity index is 1.71. The minimum atomic E-state index is -4.55. The average Bonchev–Trinajstić information content (AvgIpc) is 3.16. The number of nitriles is 1. The van der Waals surface area contributed by atoms with Crippen LogP contribution in [0.2, 0.25) is 0 Å². The zero-order valence-electron chi connectivity index (χ0n) is 15.7. The van der Waals surface area contributed by atoms with Gasteiger partial charge in [-0.3, -0.25) is 4.98 Å². The fourth-order valence-corrected chi connectivity index (χ4v) is 3.50. The van der Waals surface area contributed by atoms with Gasteiger partial charge in [0.15, 0.2) is 18.2 Å². The fourth-order valence-electron chi connectivity index (χ4n) is 3.50. The van der Waals surface area contributed by atoms with Gasteiger partial charge >= 0.3 is 6.18 Å². The van der Waals surface area contributed by atoms with Gasteiger partial charge in [0.05, 0.1) is 29.4 Å². The molecule has 0 aliphatic heterocycles. The number of aromatic nitrogens is 3. The van der Waals surface area contributed by atoms with Crippen molar-refractivity contribution in [3.8, 4) is 22.9 Å². The Bertz CT molecular complexity index is 1160. The van der Waals surface area contributed by atoms with Gasteiger partial charge in [0.1, 0.15) is 0 Å². The van der Waals surface area contributed by atoms with E-state index < -0.39 is 24.3 Å². The van der Waals surface area contributed by atoms with Crippen LogP contribution in [0.25, 0.3) is 22.2 Å². The van der Waals surface area contributed by atoms with E-state index in [1.54, 1.807) is 23.1 Å². The number of allylic oxidation sites excluding steroid dienone is 2. The minimum absolute atomic E-state index is 0.0174. The molecule has 0 saturated carbocycles. The molecule has 1 aromatic carbocycles. The smallest absolute Gasteiger partial charge is 0.422 e. The van der Waals surface area contributed by atoms with Crippen molar-refractivity contribution < 1.29 is 22.3 Å². The molecule has 0 radical (unpaired) electrons. The molecule has 2 heterocycles. The van der Waals surface area contributed by atoms with Crippen LogP contribution in [-0.2, 0) is 0 Å². The topological polar surface area (TPSA) is 63.2 Å². The number of fused-ring (bicyclic) bond motifs is 1. The van der Waals surface area contributed by atoms with Crippen LogP contribution in [0.1, 0.15) is 25.0 Å². The van der Waals surface area contributed by atoms with Gasteiger partial charge in [0.25, 0.3) is 0 Å². The highest BCUT2D eigenvalue weighted by atomic mass is 19.4. The third-order valence-corrected chi connectivity index (χ3v) is 4.96. The van der Waals surface area contributed by atoms with E-state index in [0.29, 0.717) is 35.2 Å². The van der Waals surface area contributed by atoms with Gasteiger partial charge in [-0.1, -0.05) is 12.1 Å². The van der Waals surface area contributed by atoms with E-state index in [2.05, 4.69) is 20.9 Å². The number of halogens is 4. The van der Waals surface area contributed by atoms with Gasteiger partial charge < -0.3 is 4.74 Å². The molecular weight excluding hydrogens is 400 g/mol. The second-order valence-corrected chi connectivity index (χ2v) is 7.01. The molecule has 0 saturated heterocycles.